The van der Waals surface area contributed by atoms with Crippen LogP contribution in [0.5, 0.6) is 0 Å². The van der Waals surface area contributed by atoms with Gasteiger partial charge >= 0.3 is 0 Å². The van der Waals surface area contributed by atoms with E-state index in [4.69, 9.17) is 4.74 Å². The van der Waals surface area contributed by atoms with Gasteiger partial charge in [-0.05, 0) is 24.8 Å². The van der Waals surface area contributed by atoms with Gasteiger partial charge in [0.1, 0.15) is 6.73 Å². The topological polar surface area (TPSA) is 29.5 Å². The number of ether oxygens (including phenoxy) is 1. The number of hydrogen-bond acceptors (Lipinski definition) is 2. The van der Waals surface area contributed by atoms with Gasteiger partial charge < -0.3 is 9.64 Å². The van der Waals surface area contributed by atoms with E-state index in [1.54, 1.807) is 0 Å². The molecule has 1 aliphatic rings. The third-order valence-corrected chi connectivity index (χ3v) is 4.33. The average molecular weight is 340 g/mol. The summed E-state index contributed by atoms with van der Waals surface area (Å²) in [5.74, 6) is 0.303. The molecule has 0 radical (unpaired) electrons. The number of benzene rings is 1. The Morgan fingerprint density at radius 3 is 2.90 bits per heavy atom. The summed E-state index contributed by atoms with van der Waals surface area (Å²) in [5, 5.41) is 0.953. The van der Waals surface area contributed by atoms with Crippen LogP contribution in [0.4, 0.5) is 0 Å². The lowest BCUT2D eigenvalue weighted by atomic mass is 10.0. The molecule has 3 nitrogen and oxygen atoms in total. The Morgan fingerprint density at radius 1 is 1.45 bits per heavy atom. The maximum atomic E-state index is 12.5. The van der Waals surface area contributed by atoms with E-state index in [1.165, 1.54) is 5.56 Å². The molecule has 0 saturated carbocycles. The zero-order valence-electron chi connectivity index (χ0n) is 11.9. The Morgan fingerprint density at radius 2 is 2.20 bits per heavy atom. The number of halogens is 1. The fourth-order valence-electron chi connectivity index (χ4n) is 2.57. The molecule has 20 heavy (non-hydrogen) atoms. The van der Waals surface area contributed by atoms with Gasteiger partial charge in [0.15, 0.2) is 0 Å². The number of carbonyl (C=O) groups is 1. The van der Waals surface area contributed by atoms with E-state index in [1.807, 2.05) is 30.0 Å². The summed E-state index contributed by atoms with van der Waals surface area (Å²) in [7, 11) is 0. The van der Waals surface area contributed by atoms with Crippen molar-refractivity contribution in [1.82, 2.24) is 4.90 Å². The largest absolute Gasteiger partial charge is 0.359 e. The van der Waals surface area contributed by atoms with E-state index >= 15 is 0 Å². The van der Waals surface area contributed by atoms with E-state index in [0.717, 1.165) is 24.6 Å². The molecule has 1 heterocycles. The quantitative estimate of drug-likeness (QED) is 0.744. The molecule has 1 aromatic rings. The standard InChI is InChI=1S/C16H22BrNO2/c1-13(6-5-9-17)16(19)18-12-20-11-15(18)10-14-7-3-2-4-8-14/h2-4,7-8,13,15H,5-6,9-12H2,1H3/t13-,15-/m0/s1. The zero-order valence-corrected chi connectivity index (χ0v) is 13.5. The molecule has 1 amide bonds. The van der Waals surface area contributed by atoms with Gasteiger partial charge in [-0.1, -0.05) is 53.2 Å². The van der Waals surface area contributed by atoms with Gasteiger partial charge in [0.25, 0.3) is 0 Å². The number of hydrogen-bond donors (Lipinski definition) is 0. The molecular formula is C16H22BrNO2. The van der Waals surface area contributed by atoms with Gasteiger partial charge in [0.2, 0.25) is 5.91 Å². The van der Waals surface area contributed by atoms with Crippen molar-refractivity contribution in [3.8, 4) is 0 Å². The molecule has 1 aliphatic heterocycles. The molecule has 1 fully saturated rings. The molecule has 2 atom stereocenters. The monoisotopic (exact) mass is 339 g/mol. The predicted octanol–water partition coefficient (Wildman–Crippen LogP) is 3.23. The first-order valence-electron chi connectivity index (χ1n) is 7.20. The van der Waals surface area contributed by atoms with Crippen LogP contribution in [0.2, 0.25) is 0 Å². The van der Waals surface area contributed by atoms with E-state index < -0.39 is 0 Å². The van der Waals surface area contributed by atoms with Crippen molar-refractivity contribution in [1.29, 1.82) is 0 Å². The Kier molecular flexibility index (Phi) is 6.05. The van der Waals surface area contributed by atoms with Crippen molar-refractivity contribution in [2.45, 2.75) is 32.2 Å². The average Bonchev–Trinajstić information content (AvgIpc) is 2.93. The highest BCUT2D eigenvalue weighted by Gasteiger charge is 2.31. The molecule has 0 bridgehead atoms. The molecule has 0 N–H and O–H groups in total. The van der Waals surface area contributed by atoms with Crippen molar-refractivity contribution < 1.29 is 9.53 Å². The highest BCUT2D eigenvalue weighted by atomic mass is 79.9. The fourth-order valence-corrected chi connectivity index (χ4v) is 2.89. The number of carbonyl (C=O) groups excluding carboxylic acids is 1. The van der Waals surface area contributed by atoms with Gasteiger partial charge in [-0.15, -0.1) is 0 Å². The highest BCUT2D eigenvalue weighted by Crippen LogP contribution is 2.20. The molecule has 1 saturated heterocycles. The number of alkyl halides is 1. The first kappa shape index (κ1) is 15.5. The van der Waals surface area contributed by atoms with Gasteiger partial charge in [-0.25, -0.2) is 0 Å². The maximum absolute atomic E-state index is 12.5. The van der Waals surface area contributed by atoms with Crippen molar-refractivity contribution in [3.63, 3.8) is 0 Å². The summed E-state index contributed by atoms with van der Waals surface area (Å²) in [6.07, 6.45) is 2.83. The minimum atomic E-state index is 0.0764. The van der Waals surface area contributed by atoms with Gasteiger partial charge in [-0.3, -0.25) is 4.79 Å². The summed E-state index contributed by atoms with van der Waals surface area (Å²) in [6.45, 7) is 3.10. The lowest BCUT2D eigenvalue weighted by Gasteiger charge is -2.25. The van der Waals surface area contributed by atoms with E-state index in [-0.39, 0.29) is 17.9 Å². The fraction of sp³-hybridized carbons (Fsp3) is 0.562. The van der Waals surface area contributed by atoms with Crippen molar-refractivity contribution >= 4 is 21.8 Å². The molecule has 0 spiro atoms. The third-order valence-electron chi connectivity index (χ3n) is 3.77. The molecule has 110 valence electrons. The zero-order chi connectivity index (χ0) is 14.4. The normalized spacial score (nSPS) is 20.1. The molecule has 2 rings (SSSR count). The van der Waals surface area contributed by atoms with Crippen LogP contribution >= 0.6 is 15.9 Å². The summed E-state index contributed by atoms with van der Waals surface area (Å²) < 4.78 is 5.51. The Balaban J connectivity index is 1.94. The number of rotatable bonds is 6. The Hall–Kier alpha value is -0.870. The van der Waals surface area contributed by atoms with Crippen LogP contribution in [0.1, 0.15) is 25.3 Å². The van der Waals surface area contributed by atoms with Crippen LogP contribution in [-0.4, -0.2) is 35.5 Å². The first-order valence-corrected chi connectivity index (χ1v) is 8.32. The minimum absolute atomic E-state index is 0.0764. The van der Waals surface area contributed by atoms with E-state index in [2.05, 4.69) is 28.1 Å². The van der Waals surface area contributed by atoms with Crippen molar-refractivity contribution in [2.24, 2.45) is 5.92 Å². The van der Waals surface area contributed by atoms with Crippen molar-refractivity contribution in [3.05, 3.63) is 35.9 Å². The smallest absolute Gasteiger partial charge is 0.227 e. The lowest BCUT2D eigenvalue weighted by molar-refractivity contribution is -0.137. The van der Waals surface area contributed by atoms with Crippen LogP contribution in [0.3, 0.4) is 0 Å². The summed E-state index contributed by atoms with van der Waals surface area (Å²) in [6, 6.07) is 10.5. The van der Waals surface area contributed by atoms with E-state index in [9.17, 15) is 4.79 Å². The molecule has 1 aromatic carbocycles. The molecular weight excluding hydrogens is 318 g/mol. The van der Waals surface area contributed by atoms with Gasteiger partial charge in [0, 0.05) is 11.2 Å². The van der Waals surface area contributed by atoms with Crippen molar-refractivity contribution in [2.75, 3.05) is 18.7 Å². The molecule has 0 aliphatic carbocycles. The van der Waals surface area contributed by atoms with Gasteiger partial charge in [-0.2, -0.15) is 0 Å². The third kappa shape index (κ3) is 4.06. The molecule has 4 heteroatoms. The van der Waals surface area contributed by atoms with Crippen LogP contribution in [0.15, 0.2) is 30.3 Å². The van der Waals surface area contributed by atoms with Gasteiger partial charge in [0.05, 0.1) is 12.6 Å². The second kappa shape index (κ2) is 7.79. The Labute approximate surface area is 129 Å². The second-order valence-corrected chi connectivity index (χ2v) is 6.18. The second-order valence-electron chi connectivity index (χ2n) is 5.38. The van der Waals surface area contributed by atoms with Crippen LogP contribution in [-0.2, 0) is 16.0 Å². The summed E-state index contributed by atoms with van der Waals surface area (Å²) >= 11 is 3.42. The first-order chi connectivity index (χ1) is 9.72. The molecule has 0 aromatic heterocycles. The number of amides is 1. The maximum Gasteiger partial charge on any atom is 0.227 e. The Bertz CT molecular complexity index is 424. The number of nitrogens with zero attached hydrogens (tertiary/aromatic N) is 1. The highest BCUT2D eigenvalue weighted by molar-refractivity contribution is 9.09. The lowest BCUT2D eigenvalue weighted by Crippen LogP contribution is -2.41. The summed E-state index contributed by atoms with van der Waals surface area (Å²) in [4.78, 5) is 14.4. The van der Waals surface area contributed by atoms with Crippen LogP contribution in [0.25, 0.3) is 0 Å². The van der Waals surface area contributed by atoms with Crippen LogP contribution < -0.4 is 0 Å². The molecule has 0 unspecified atom stereocenters. The van der Waals surface area contributed by atoms with Crippen LogP contribution in [0, 0.1) is 5.92 Å². The van der Waals surface area contributed by atoms with E-state index in [0.29, 0.717) is 13.3 Å². The summed E-state index contributed by atoms with van der Waals surface area (Å²) in [5.41, 5.74) is 1.26. The minimum Gasteiger partial charge on any atom is -0.359 e. The SMILES string of the molecule is C[C@@H](CCCBr)C(=O)N1COC[C@@H]1Cc1ccccc1. The predicted molar refractivity (Wildman–Crippen MR) is 83.8 cm³/mol.